The van der Waals surface area contributed by atoms with Gasteiger partial charge in [-0.2, -0.15) is 5.26 Å². The van der Waals surface area contributed by atoms with E-state index in [-0.39, 0.29) is 12.1 Å². The minimum atomic E-state index is -0.444. The van der Waals surface area contributed by atoms with Crippen LogP contribution in [-0.4, -0.2) is 16.6 Å². The first-order valence-electron chi connectivity index (χ1n) is 6.77. The lowest BCUT2D eigenvalue weighted by atomic mass is 10.1. The Labute approximate surface area is 133 Å². The van der Waals surface area contributed by atoms with Crippen LogP contribution in [0, 0.1) is 11.3 Å². The summed E-state index contributed by atoms with van der Waals surface area (Å²) in [5, 5.41) is 12.4. The van der Waals surface area contributed by atoms with E-state index in [1.165, 1.54) is 11.3 Å². The zero-order valence-electron chi connectivity index (χ0n) is 12.7. The molecular weight excluding hydrogens is 298 g/mol. The first kappa shape index (κ1) is 16.0. The fourth-order valence-corrected chi connectivity index (χ4v) is 2.50. The smallest absolute Gasteiger partial charge is 0.407 e. The molecule has 0 bridgehead atoms. The maximum atomic E-state index is 11.6. The number of nitrogens with one attached hydrogen (secondary N) is 1. The van der Waals surface area contributed by atoms with Crippen molar-refractivity contribution < 1.29 is 9.53 Å². The van der Waals surface area contributed by atoms with Gasteiger partial charge in [0.1, 0.15) is 11.6 Å². The molecule has 0 saturated carbocycles. The lowest BCUT2D eigenvalue weighted by Gasteiger charge is -2.19. The second kappa shape index (κ2) is 6.58. The first-order valence-corrected chi connectivity index (χ1v) is 7.59. The zero-order chi connectivity index (χ0) is 16.2. The minimum absolute atomic E-state index is 0.190. The molecule has 0 fully saturated rings. The molecule has 6 heteroatoms. The maximum absolute atomic E-state index is 11.6. The van der Waals surface area contributed by atoms with Crippen molar-refractivity contribution in [3.8, 4) is 16.6 Å². The molecule has 0 aliphatic heterocycles. The Kier molecular flexibility index (Phi) is 4.78. The third kappa shape index (κ3) is 4.57. The molecule has 2 aromatic rings. The molecule has 1 amide bonds. The predicted molar refractivity (Wildman–Crippen MR) is 85.3 cm³/mol. The Hall–Kier alpha value is -2.39. The molecule has 5 nitrogen and oxygen atoms in total. The molecule has 0 aliphatic rings. The summed E-state index contributed by atoms with van der Waals surface area (Å²) < 4.78 is 5.17. The van der Waals surface area contributed by atoms with E-state index in [0.717, 1.165) is 15.4 Å². The van der Waals surface area contributed by atoms with Crippen molar-refractivity contribution in [1.29, 1.82) is 5.26 Å². The number of carbonyl (C=O) groups is 1. The summed E-state index contributed by atoms with van der Waals surface area (Å²) in [5.74, 6) is 0. The highest BCUT2D eigenvalue weighted by molar-refractivity contribution is 7.15. The van der Waals surface area contributed by atoms with Gasteiger partial charge in [-0.25, -0.2) is 9.78 Å². The molecule has 1 N–H and O–H groups in total. The Balaban J connectivity index is 1.97. The van der Waals surface area contributed by atoms with Crippen molar-refractivity contribution in [1.82, 2.24) is 10.3 Å². The van der Waals surface area contributed by atoms with Gasteiger partial charge in [-0.3, -0.25) is 0 Å². The van der Waals surface area contributed by atoms with Gasteiger partial charge in [-0.15, -0.1) is 11.3 Å². The highest BCUT2D eigenvalue weighted by atomic mass is 32.1. The van der Waals surface area contributed by atoms with E-state index >= 15 is 0 Å². The summed E-state index contributed by atoms with van der Waals surface area (Å²) in [6, 6.07) is 9.30. The van der Waals surface area contributed by atoms with Crippen LogP contribution >= 0.6 is 11.3 Å². The van der Waals surface area contributed by atoms with Gasteiger partial charge in [0.25, 0.3) is 0 Å². The summed E-state index contributed by atoms with van der Waals surface area (Å²) in [5.41, 5.74) is 1.23. The van der Waals surface area contributed by atoms with E-state index in [0.29, 0.717) is 5.56 Å². The van der Waals surface area contributed by atoms with Gasteiger partial charge in [0, 0.05) is 17.3 Å². The van der Waals surface area contributed by atoms with Crippen molar-refractivity contribution in [2.24, 2.45) is 0 Å². The number of aromatic nitrogens is 1. The van der Waals surface area contributed by atoms with E-state index in [4.69, 9.17) is 10.00 Å². The topological polar surface area (TPSA) is 75.0 Å². The number of thiazole rings is 1. The third-order valence-electron chi connectivity index (χ3n) is 2.64. The quantitative estimate of drug-likeness (QED) is 0.937. The largest absolute Gasteiger partial charge is 0.444 e. The molecule has 0 atom stereocenters. The number of nitriles is 1. The number of ether oxygens (including phenoxy) is 1. The molecule has 1 heterocycles. The van der Waals surface area contributed by atoms with E-state index in [2.05, 4.69) is 16.4 Å². The van der Waals surface area contributed by atoms with Crippen LogP contribution in [0.3, 0.4) is 0 Å². The van der Waals surface area contributed by atoms with Crippen molar-refractivity contribution in [3.05, 3.63) is 40.9 Å². The third-order valence-corrected chi connectivity index (χ3v) is 3.66. The number of benzene rings is 1. The van der Waals surface area contributed by atoms with Crippen LogP contribution in [0.5, 0.6) is 0 Å². The van der Waals surface area contributed by atoms with Gasteiger partial charge in [-0.1, -0.05) is 12.1 Å². The first-order chi connectivity index (χ1) is 10.4. The van der Waals surface area contributed by atoms with Crippen molar-refractivity contribution in [2.45, 2.75) is 32.9 Å². The van der Waals surface area contributed by atoms with E-state index in [9.17, 15) is 4.79 Å². The van der Waals surface area contributed by atoms with Crippen LogP contribution in [0.4, 0.5) is 4.79 Å². The van der Waals surface area contributed by atoms with Crippen LogP contribution in [-0.2, 0) is 11.3 Å². The standard InChI is InChI=1S/C16H17N3O2S/c1-16(2,3)19-15(20)21-10-13-9-18-14(22-13)12-6-4-11(8-17)5-7-12/h4-7,9H,10H2,1-3H3,(H,19,20). The lowest BCUT2D eigenvalue weighted by Crippen LogP contribution is -2.40. The van der Waals surface area contributed by atoms with Crippen LogP contribution in [0.15, 0.2) is 30.5 Å². The zero-order valence-corrected chi connectivity index (χ0v) is 13.5. The summed E-state index contributed by atoms with van der Waals surface area (Å²) in [4.78, 5) is 16.8. The Morgan fingerprint density at radius 1 is 1.36 bits per heavy atom. The Bertz CT molecular complexity index is 693. The highest BCUT2D eigenvalue weighted by Gasteiger charge is 2.15. The van der Waals surface area contributed by atoms with E-state index < -0.39 is 6.09 Å². The molecule has 0 radical (unpaired) electrons. The second-order valence-corrected chi connectivity index (χ2v) is 6.89. The van der Waals surface area contributed by atoms with Gasteiger partial charge in [0.2, 0.25) is 0 Å². The number of hydrogen-bond donors (Lipinski definition) is 1. The maximum Gasteiger partial charge on any atom is 0.407 e. The van der Waals surface area contributed by atoms with Gasteiger partial charge in [0.05, 0.1) is 16.5 Å². The normalized spacial score (nSPS) is 10.8. The number of hydrogen-bond acceptors (Lipinski definition) is 5. The molecule has 114 valence electrons. The average Bonchev–Trinajstić information content (AvgIpc) is 2.92. The summed E-state index contributed by atoms with van der Waals surface area (Å²) in [6.07, 6.45) is 1.25. The molecule has 0 spiro atoms. The Morgan fingerprint density at radius 2 is 2.05 bits per heavy atom. The summed E-state index contributed by atoms with van der Waals surface area (Å²) in [6.45, 7) is 5.87. The van der Waals surface area contributed by atoms with Gasteiger partial charge in [0.15, 0.2) is 0 Å². The number of alkyl carbamates (subject to hydrolysis) is 1. The molecular formula is C16H17N3O2S. The fourth-order valence-electron chi connectivity index (χ4n) is 1.67. The van der Waals surface area contributed by atoms with E-state index in [1.54, 1.807) is 18.3 Å². The fraction of sp³-hybridized carbons (Fsp3) is 0.312. The predicted octanol–water partition coefficient (Wildman–Crippen LogP) is 3.71. The van der Waals surface area contributed by atoms with E-state index in [1.807, 2.05) is 32.9 Å². The molecule has 0 saturated heterocycles. The van der Waals surface area contributed by atoms with Crippen LogP contribution in [0.1, 0.15) is 31.2 Å². The van der Waals surface area contributed by atoms with Crippen LogP contribution in [0.2, 0.25) is 0 Å². The number of carbonyl (C=O) groups excluding carboxylic acids is 1. The van der Waals surface area contributed by atoms with Crippen LogP contribution < -0.4 is 5.32 Å². The summed E-state index contributed by atoms with van der Waals surface area (Å²) >= 11 is 1.46. The minimum Gasteiger partial charge on any atom is -0.444 e. The van der Waals surface area contributed by atoms with Gasteiger partial charge < -0.3 is 10.1 Å². The molecule has 0 aliphatic carbocycles. The number of amides is 1. The van der Waals surface area contributed by atoms with Crippen LogP contribution in [0.25, 0.3) is 10.6 Å². The molecule has 1 aromatic carbocycles. The monoisotopic (exact) mass is 315 g/mol. The second-order valence-electron chi connectivity index (χ2n) is 5.77. The summed E-state index contributed by atoms with van der Waals surface area (Å²) in [7, 11) is 0. The van der Waals surface area contributed by atoms with Crippen molar-refractivity contribution >= 4 is 17.4 Å². The Morgan fingerprint density at radius 3 is 2.64 bits per heavy atom. The molecule has 1 aromatic heterocycles. The van der Waals surface area contributed by atoms with Crippen molar-refractivity contribution in [2.75, 3.05) is 0 Å². The lowest BCUT2D eigenvalue weighted by molar-refractivity contribution is 0.132. The molecule has 2 rings (SSSR count). The molecule has 22 heavy (non-hydrogen) atoms. The molecule has 0 unspecified atom stereocenters. The van der Waals surface area contributed by atoms with Crippen molar-refractivity contribution in [3.63, 3.8) is 0 Å². The number of rotatable bonds is 3. The average molecular weight is 315 g/mol. The van der Waals surface area contributed by atoms with Gasteiger partial charge in [-0.05, 0) is 32.9 Å². The van der Waals surface area contributed by atoms with Gasteiger partial charge >= 0.3 is 6.09 Å². The highest BCUT2D eigenvalue weighted by Crippen LogP contribution is 2.25. The SMILES string of the molecule is CC(C)(C)NC(=O)OCc1cnc(-c2ccc(C#N)cc2)s1. The number of nitrogens with zero attached hydrogens (tertiary/aromatic N) is 2.